The van der Waals surface area contributed by atoms with Gasteiger partial charge in [0.2, 0.25) is 0 Å². The van der Waals surface area contributed by atoms with Crippen LogP contribution in [0.15, 0.2) is 72.8 Å². The molecule has 0 saturated heterocycles. The van der Waals surface area contributed by atoms with E-state index in [9.17, 15) is 4.79 Å². The Labute approximate surface area is 185 Å². The van der Waals surface area contributed by atoms with E-state index in [1.165, 1.54) is 24.8 Å². The molecule has 0 aliphatic heterocycles. The zero-order valence-electron chi connectivity index (χ0n) is 17.2. The minimum atomic E-state index is -0.135. The molecule has 1 aliphatic carbocycles. The summed E-state index contributed by atoms with van der Waals surface area (Å²) in [5.41, 5.74) is 4.62. The van der Waals surface area contributed by atoms with Crippen molar-refractivity contribution >= 4 is 28.8 Å². The van der Waals surface area contributed by atoms with Crippen molar-refractivity contribution in [3.63, 3.8) is 0 Å². The van der Waals surface area contributed by atoms with Crippen LogP contribution < -0.4 is 9.46 Å². The van der Waals surface area contributed by atoms with E-state index in [0.29, 0.717) is 17.5 Å². The van der Waals surface area contributed by atoms with Crippen LogP contribution in [0.2, 0.25) is 0 Å². The largest absolute Gasteiger partial charge is 0.497 e. The van der Waals surface area contributed by atoms with Gasteiger partial charge in [0.15, 0.2) is 0 Å². The third-order valence-electron chi connectivity index (χ3n) is 5.38. The van der Waals surface area contributed by atoms with Crippen LogP contribution in [0.1, 0.15) is 29.0 Å². The van der Waals surface area contributed by atoms with Gasteiger partial charge in [-0.2, -0.15) is 0 Å². The van der Waals surface area contributed by atoms with E-state index in [1.807, 2.05) is 42.5 Å². The lowest BCUT2D eigenvalue weighted by atomic mass is 10.1. The maximum Gasteiger partial charge on any atom is 0.279 e. The number of rotatable bonds is 7. The predicted octanol–water partition coefficient (Wildman–Crippen LogP) is 5.30. The van der Waals surface area contributed by atoms with Gasteiger partial charge >= 0.3 is 0 Å². The number of pyridine rings is 1. The summed E-state index contributed by atoms with van der Waals surface area (Å²) < 4.78 is 10.6. The number of benzene rings is 2. The third-order valence-corrected chi connectivity index (χ3v) is 6.49. The molecule has 2 heterocycles. The fourth-order valence-electron chi connectivity index (χ4n) is 3.63. The smallest absolute Gasteiger partial charge is 0.279 e. The van der Waals surface area contributed by atoms with Gasteiger partial charge in [-0.25, -0.2) is 4.98 Å². The molecule has 0 unspecified atom stereocenters. The summed E-state index contributed by atoms with van der Waals surface area (Å²) in [6, 6.07) is 24.2. The van der Waals surface area contributed by atoms with Crippen LogP contribution in [0.3, 0.4) is 0 Å². The number of nitrogens with zero attached hydrogens (tertiary/aromatic N) is 2. The van der Waals surface area contributed by atoms with Crippen LogP contribution in [-0.4, -0.2) is 27.8 Å². The highest BCUT2D eigenvalue weighted by Gasteiger charge is 2.23. The normalized spacial score (nSPS) is 13.3. The van der Waals surface area contributed by atoms with Crippen molar-refractivity contribution in [2.24, 2.45) is 0 Å². The Hall–Kier alpha value is -3.25. The SMILES string of the molecule is COc1ccc2c(c1)cc(-c1ccccc1)n2Cc1cccc(C(=O)NSC2CC2)n1. The second kappa shape index (κ2) is 8.47. The quantitative estimate of drug-likeness (QED) is 0.405. The van der Waals surface area contributed by atoms with Crippen LogP contribution in [0, 0.1) is 0 Å². The molecule has 1 aliphatic rings. The van der Waals surface area contributed by atoms with Gasteiger partial charge in [0.1, 0.15) is 11.4 Å². The third kappa shape index (κ3) is 4.30. The number of carbonyl (C=O) groups excluding carboxylic acids is 1. The van der Waals surface area contributed by atoms with Gasteiger partial charge < -0.3 is 9.30 Å². The molecule has 1 fully saturated rings. The molecule has 6 heteroatoms. The van der Waals surface area contributed by atoms with Crippen molar-refractivity contribution in [1.29, 1.82) is 0 Å². The molecule has 1 N–H and O–H groups in total. The second-order valence-electron chi connectivity index (χ2n) is 7.67. The maximum atomic E-state index is 12.5. The molecule has 0 atom stereocenters. The van der Waals surface area contributed by atoms with Crippen molar-refractivity contribution in [2.45, 2.75) is 24.6 Å². The molecule has 0 spiro atoms. The minimum Gasteiger partial charge on any atom is -0.497 e. The van der Waals surface area contributed by atoms with Gasteiger partial charge in [-0.3, -0.25) is 9.52 Å². The average molecular weight is 430 g/mol. The molecule has 31 heavy (non-hydrogen) atoms. The Morgan fingerprint density at radius 3 is 2.71 bits per heavy atom. The minimum absolute atomic E-state index is 0.135. The Morgan fingerprint density at radius 2 is 1.94 bits per heavy atom. The zero-order valence-corrected chi connectivity index (χ0v) is 18.1. The van der Waals surface area contributed by atoms with Gasteiger partial charge in [-0.1, -0.05) is 36.4 Å². The molecule has 2 aromatic heterocycles. The topological polar surface area (TPSA) is 56.1 Å². The van der Waals surface area contributed by atoms with Gasteiger partial charge in [0.25, 0.3) is 5.91 Å². The molecule has 5 nitrogen and oxygen atoms in total. The molecule has 0 bridgehead atoms. The number of amides is 1. The van der Waals surface area contributed by atoms with Crippen molar-refractivity contribution in [1.82, 2.24) is 14.3 Å². The summed E-state index contributed by atoms with van der Waals surface area (Å²) >= 11 is 1.50. The lowest BCUT2D eigenvalue weighted by Gasteiger charge is -2.12. The van der Waals surface area contributed by atoms with E-state index in [4.69, 9.17) is 4.74 Å². The molecule has 0 radical (unpaired) electrons. The first-order chi connectivity index (χ1) is 15.2. The Kier molecular flexibility index (Phi) is 5.38. The number of hydrogen-bond acceptors (Lipinski definition) is 4. The summed E-state index contributed by atoms with van der Waals surface area (Å²) in [6.45, 7) is 0.566. The number of nitrogens with one attached hydrogen (secondary N) is 1. The average Bonchev–Trinajstić information content (AvgIpc) is 3.59. The van der Waals surface area contributed by atoms with Crippen LogP contribution in [-0.2, 0) is 6.54 Å². The van der Waals surface area contributed by atoms with Gasteiger partial charge in [-0.05, 0) is 66.8 Å². The van der Waals surface area contributed by atoms with Crippen LogP contribution in [0.25, 0.3) is 22.2 Å². The summed E-state index contributed by atoms with van der Waals surface area (Å²) in [7, 11) is 1.68. The fourth-order valence-corrected chi connectivity index (χ4v) is 4.38. The monoisotopic (exact) mass is 429 g/mol. The molecule has 156 valence electrons. The Balaban J connectivity index is 1.50. The number of ether oxygens (including phenoxy) is 1. The van der Waals surface area contributed by atoms with Crippen molar-refractivity contribution in [3.8, 4) is 17.0 Å². The summed E-state index contributed by atoms with van der Waals surface area (Å²) in [5.74, 6) is 0.693. The number of hydrogen-bond donors (Lipinski definition) is 1. The van der Waals surface area contributed by atoms with E-state index < -0.39 is 0 Å². The lowest BCUT2D eigenvalue weighted by molar-refractivity contribution is 0.0979. The van der Waals surface area contributed by atoms with E-state index >= 15 is 0 Å². The Bertz CT molecular complexity index is 1230. The molecular formula is C25H23N3O2S. The molecular weight excluding hydrogens is 406 g/mol. The molecule has 1 amide bonds. The van der Waals surface area contributed by atoms with Gasteiger partial charge in [0, 0.05) is 21.8 Å². The summed E-state index contributed by atoms with van der Waals surface area (Å²) in [4.78, 5) is 17.1. The van der Waals surface area contributed by atoms with Crippen LogP contribution >= 0.6 is 11.9 Å². The van der Waals surface area contributed by atoms with Crippen LogP contribution in [0.5, 0.6) is 5.75 Å². The standard InChI is InChI=1S/C25H23N3O2S/c1-30-20-10-13-23-18(14-20)15-24(17-6-3-2-4-7-17)28(23)16-19-8-5-9-22(26-19)25(29)27-31-21-11-12-21/h2-10,13-15,21H,11-12,16H2,1H3,(H,27,29). The second-order valence-corrected chi connectivity index (χ2v) is 8.78. The number of aromatic nitrogens is 2. The highest BCUT2D eigenvalue weighted by Crippen LogP contribution is 2.32. The van der Waals surface area contributed by atoms with Crippen molar-refractivity contribution in [3.05, 3.63) is 84.2 Å². The van der Waals surface area contributed by atoms with Gasteiger partial charge in [-0.15, -0.1) is 0 Å². The van der Waals surface area contributed by atoms with Gasteiger partial charge in [0.05, 0.1) is 19.3 Å². The highest BCUT2D eigenvalue weighted by atomic mass is 32.2. The van der Waals surface area contributed by atoms with E-state index in [1.54, 1.807) is 13.2 Å². The van der Waals surface area contributed by atoms with Crippen molar-refractivity contribution < 1.29 is 9.53 Å². The molecule has 1 saturated carbocycles. The van der Waals surface area contributed by atoms with Crippen LogP contribution in [0.4, 0.5) is 0 Å². The molecule has 5 rings (SSSR count). The number of fused-ring (bicyclic) bond motifs is 1. The first-order valence-corrected chi connectivity index (χ1v) is 11.2. The summed E-state index contributed by atoms with van der Waals surface area (Å²) in [6.07, 6.45) is 2.35. The molecule has 2 aromatic carbocycles. The maximum absolute atomic E-state index is 12.5. The molecule has 4 aromatic rings. The number of carbonyl (C=O) groups is 1. The summed E-state index contributed by atoms with van der Waals surface area (Å²) in [5, 5.41) is 1.66. The highest BCUT2D eigenvalue weighted by molar-refractivity contribution is 7.98. The Morgan fingerprint density at radius 1 is 1.10 bits per heavy atom. The van der Waals surface area contributed by atoms with E-state index in [2.05, 4.69) is 38.5 Å². The first-order valence-electron chi connectivity index (χ1n) is 10.4. The van der Waals surface area contributed by atoms with Crippen molar-refractivity contribution in [2.75, 3.05) is 7.11 Å². The van der Waals surface area contributed by atoms with E-state index in [0.717, 1.165) is 33.6 Å². The predicted molar refractivity (Wildman–Crippen MR) is 125 cm³/mol. The van der Waals surface area contributed by atoms with E-state index in [-0.39, 0.29) is 5.91 Å². The first kappa shape index (κ1) is 19.7. The lowest BCUT2D eigenvalue weighted by Crippen LogP contribution is -2.19. The zero-order chi connectivity index (χ0) is 21.2. The fraction of sp³-hybridized carbons (Fsp3) is 0.200. The number of methoxy groups -OCH3 is 1.